The molecule has 0 aromatic rings. The standard InChI is InChI=1S/C8H12O.2C2H6/c1-3-8(2)6-4-5-7-9;2*1-2/h4-7,9H,2-3H2,1H3;2*1-2H3/b6-4-,7-5+;;. The van der Waals surface area contributed by atoms with E-state index in [0.29, 0.717) is 0 Å². The monoisotopic (exact) mass is 184 g/mol. The highest BCUT2D eigenvalue weighted by Crippen LogP contribution is 1.96. The Morgan fingerprint density at radius 2 is 1.62 bits per heavy atom. The van der Waals surface area contributed by atoms with E-state index in [-0.39, 0.29) is 0 Å². The minimum atomic E-state index is 0.954. The molecule has 0 aromatic heterocycles. The number of aliphatic hydroxyl groups is 1. The van der Waals surface area contributed by atoms with Gasteiger partial charge in [0.1, 0.15) is 0 Å². The van der Waals surface area contributed by atoms with Gasteiger partial charge in [-0.05, 0) is 12.5 Å². The minimum Gasteiger partial charge on any atom is -0.516 e. The Labute approximate surface area is 83.5 Å². The SMILES string of the molecule is C=C(/C=C\C=C\O)CC.CC.CC. The van der Waals surface area contributed by atoms with E-state index in [1.807, 2.05) is 40.7 Å². The van der Waals surface area contributed by atoms with Crippen molar-refractivity contribution in [2.24, 2.45) is 0 Å². The molecule has 0 rings (SSSR count). The average molecular weight is 184 g/mol. The highest BCUT2D eigenvalue weighted by Gasteiger charge is 1.76. The zero-order valence-corrected chi connectivity index (χ0v) is 9.67. The molecule has 1 heteroatoms. The number of rotatable bonds is 3. The third kappa shape index (κ3) is 24.7. The van der Waals surface area contributed by atoms with Crippen molar-refractivity contribution in [3.63, 3.8) is 0 Å². The van der Waals surface area contributed by atoms with E-state index in [1.165, 1.54) is 0 Å². The van der Waals surface area contributed by atoms with Crippen molar-refractivity contribution < 1.29 is 5.11 Å². The summed E-state index contributed by atoms with van der Waals surface area (Å²) in [5.74, 6) is 0. The second-order valence-corrected chi connectivity index (χ2v) is 1.71. The third-order valence-electron chi connectivity index (χ3n) is 0.983. The van der Waals surface area contributed by atoms with Crippen LogP contribution in [0.2, 0.25) is 0 Å². The van der Waals surface area contributed by atoms with Crippen LogP contribution in [0.4, 0.5) is 0 Å². The Morgan fingerprint density at radius 3 is 1.92 bits per heavy atom. The van der Waals surface area contributed by atoms with E-state index in [9.17, 15) is 0 Å². The van der Waals surface area contributed by atoms with Gasteiger partial charge in [-0.2, -0.15) is 0 Å². The first-order valence-electron chi connectivity index (χ1n) is 4.96. The van der Waals surface area contributed by atoms with Gasteiger partial charge in [0.15, 0.2) is 0 Å². The van der Waals surface area contributed by atoms with E-state index >= 15 is 0 Å². The zero-order chi connectivity index (χ0) is 11.1. The lowest BCUT2D eigenvalue weighted by Gasteiger charge is -1.86. The fourth-order valence-electron chi connectivity index (χ4n) is 0.359. The molecular weight excluding hydrogens is 160 g/mol. The van der Waals surface area contributed by atoms with Crippen molar-refractivity contribution in [3.05, 3.63) is 36.6 Å². The van der Waals surface area contributed by atoms with Crippen LogP contribution < -0.4 is 0 Å². The Balaban J connectivity index is -0.000000218. The number of hydrogen-bond acceptors (Lipinski definition) is 1. The molecule has 0 aliphatic heterocycles. The summed E-state index contributed by atoms with van der Waals surface area (Å²) in [7, 11) is 0. The maximum Gasteiger partial charge on any atom is 0.0791 e. The first-order valence-corrected chi connectivity index (χ1v) is 4.96. The van der Waals surface area contributed by atoms with Crippen LogP contribution in [0.15, 0.2) is 36.6 Å². The van der Waals surface area contributed by atoms with Crippen LogP contribution >= 0.6 is 0 Å². The second-order valence-electron chi connectivity index (χ2n) is 1.71. The summed E-state index contributed by atoms with van der Waals surface area (Å²) in [6, 6.07) is 0. The molecule has 0 aliphatic carbocycles. The summed E-state index contributed by atoms with van der Waals surface area (Å²) in [5.41, 5.74) is 1.06. The van der Waals surface area contributed by atoms with Gasteiger partial charge in [0.25, 0.3) is 0 Å². The molecule has 13 heavy (non-hydrogen) atoms. The summed E-state index contributed by atoms with van der Waals surface area (Å²) in [4.78, 5) is 0. The van der Waals surface area contributed by atoms with Crippen LogP contribution in [0.25, 0.3) is 0 Å². The van der Waals surface area contributed by atoms with Crippen molar-refractivity contribution >= 4 is 0 Å². The van der Waals surface area contributed by atoms with Crippen LogP contribution in [0.3, 0.4) is 0 Å². The van der Waals surface area contributed by atoms with Gasteiger partial charge in [-0.15, -0.1) is 0 Å². The predicted octanol–water partition coefficient (Wildman–Crippen LogP) is 4.63. The number of aliphatic hydroxyl groups excluding tert-OH is 1. The topological polar surface area (TPSA) is 20.2 Å². The molecule has 0 heterocycles. The first kappa shape index (κ1) is 17.9. The molecule has 0 spiro atoms. The molecule has 0 saturated heterocycles. The number of allylic oxidation sites excluding steroid dienone is 4. The summed E-state index contributed by atoms with van der Waals surface area (Å²) >= 11 is 0. The van der Waals surface area contributed by atoms with Crippen LogP contribution in [-0.4, -0.2) is 5.11 Å². The summed E-state index contributed by atoms with van der Waals surface area (Å²) in [6.45, 7) is 13.8. The predicted molar refractivity (Wildman–Crippen MR) is 63.0 cm³/mol. The normalized spacial score (nSPS) is 8.69. The van der Waals surface area contributed by atoms with Gasteiger partial charge in [-0.3, -0.25) is 0 Å². The Hall–Kier alpha value is -0.980. The van der Waals surface area contributed by atoms with E-state index in [0.717, 1.165) is 18.3 Å². The lowest BCUT2D eigenvalue weighted by Crippen LogP contribution is -1.66. The maximum absolute atomic E-state index is 8.19. The van der Waals surface area contributed by atoms with Crippen molar-refractivity contribution in [2.45, 2.75) is 41.0 Å². The van der Waals surface area contributed by atoms with E-state index in [2.05, 4.69) is 6.58 Å². The Morgan fingerprint density at radius 1 is 1.15 bits per heavy atom. The van der Waals surface area contributed by atoms with Gasteiger partial charge in [0.05, 0.1) is 6.26 Å². The molecule has 0 amide bonds. The summed E-state index contributed by atoms with van der Waals surface area (Å²) in [5, 5.41) is 8.19. The van der Waals surface area contributed by atoms with Crippen molar-refractivity contribution in [3.8, 4) is 0 Å². The van der Waals surface area contributed by atoms with Crippen LogP contribution in [0.5, 0.6) is 0 Å². The van der Waals surface area contributed by atoms with Gasteiger partial charge in [0.2, 0.25) is 0 Å². The summed E-state index contributed by atoms with van der Waals surface area (Å²) in [6.07, 6.45) is 7.13. The van der Waals surface area contributed by atoms with E-state index in [4.69, 9.17) is 5.11 Å². The zero-order valence-electron chi connectivity index (χ0n) is 9.67. The van der Waals surface area contributed by atoms with Crippen molar-refractivity contribution in [1.82, 2.24) is 0 Å². The third-order valence-corrected chi connectivity index (χ3v) is 0.983. The molecule has 0 saturated carbocycles. The van der Waals surface area contributed by atoms with Crippen molar-refractivity contribution in [2.75, 3.05) is 0 Å². The molecule has 0 bridgehead atoms. The average Bonchev–Trinajstić information content (AvgIpc) is 2.24. The van der Waals surface area contributed by atoms with Crippen LogP contribution in [0.1, 0.15) is 41.0 Å². The molecule has 1 nitrogen and oxygen atoms in total. The molecular formula is C12H24O. The van der Waals surface area contributed by atoms with Crippen LogP contribution in [-0.2, 0) is 0 Å². The molecule has 0 aromatic carbocycles. The molecule has 0 aliphatic rings. The molecule has 1 N–H and O–H groups in total. The second kappa shape index (κ2) is 22.5. The lowest BCUT2D eigenvalue weighted by molar-refractivity contribution is 0.474. The molecule has 0 fully saturated rings. The fourth-order valence-corrected chi connectivity index (χ4v) is 0.359. The quantitative estimate of drug-likeness (QED) is 0.500. The largest absolute Gasteiger partial charge is 0.516 e. The fraction of sp³-hybridized carbons (Fsp3) is 0.500. The first-order chi connectivity index (χ1) is 6.31. The van der Waals surface area contributed by atoms with Crippen molar-refractivity contribution in [1.29, 1.82) is 0 Å². The Kier molecular flexibility index (Phi) is 31.0. The molecule has 78 valence electrons. The maximum atomic E-state index is 8.19. The summed E-state index contributed by atoms with van der Waals surface area (Å²) < 4.78 is 0. The lowest BCUT2D eigenvalue weighted by atomic mass is 10.2. The molecule has 0 atom stereocenters. The van der Waals surface area contributed by atoms with Crippen LogP contribution in [0, 0.1) is 0 Å². The van der Waals surface area contributed by atoms with Gasteiger partial charge in [-0.25, -0.2) is 0 Å². The Bertz CT molecular complexity index is 132. The van der Waals surface area contributed by atoms with Gasteiger partial charge >= 0.3 is 0 Å². The van der Waals surface area contributed by atoms with E-state index < -0.39 is 0 Å². The van der Waals surface area contributed by atoms with Gasteiger partial charge in [-0.1, -0.05) is 58.9 Å². The van der Waals surface area contributed by atoms with Gasteiger partial charge in [0, 0.05) is 0 Å². The highest BCUT2D eigenvalue weighted by molar-refractivity contribution is 5.17. The van der Waals surface area contributed by atoms with E-state index in [1.54, 1.807) is 12.2 Å². The smallest absolute Gasteiger partial charge is 0.0791 e. The minimum absolute atomic E-state index is 0.954. The highest BCUT2D eigenvalue weighted by atomic mass is 16.2. The number of hydrogen-bond donors (Lipinski definition) is 1. The molecule has 0 radical (unpaired) electrons. The van der Waals surface area contributed by atoms with Gasteiger partial charge < -0.3 is 5.11 Å². The molecule has 0 unspecified atom stereocenters.